The van der Waals surface area contributed by atoms with Crippen LogP contribution in [-0.2, 0) is 6.42 Å². The Labute approximate surface area is 120 Å². The monoisotopic (exact) mass is 270 g/mol. The van der Waals surface area contributed by atoms with Crippen LogP contribution < -0.4 is 10.6 Å². The molecular formula is C16H22N4. The Morgan fingerprint density at radius 2 is 1.60 bits per heavy atom. The van der Waals surface area contributed by atoms with E-state index in [-0.39, 0.29) is 0 Å². The maximum atomic E-state index is 4.59. The smallest absolute Gasteiger partial charge is 0.139 e. The molecule has 0 spiro atoms. The fraction of sp³-hybridized carbons (Fsp3) is 0.375. The summed E-state index contributed by atoms with van der Waals surface area (Å²) in [6.07, 6.45) is 0.821. The molecule has 20 heavy (non-hydrogen) atoms. The predicted octanol–water partition coefficient (Wildman–Crippen LogP) is 3.83. The molecule has 0 unspecified atom stereocenters. The highest BCUT2D eigenvalue weighted by molar-refractivity contribution is 5.64. The number of aromatic nitrogens is 2. The van der Waals surface area contributed by atoms with E-state index in [1.807, 2.05) is 6.92 Å². The third-order valence-corrected chi connectivity index (χ3v) is 3.17. The standard InChI is InChI=1S/C16H22N4/c1-5-14-19-15(17-6-2)12(4)16(20-14)18-13-9-7-11(3)8-10-13/h7-10H,5-6H2,1-4H3,(H2,17,18,19,20). The number of anilines is 3. The average Bonchev–Trinajstić information content (AvgIpc) is 2.45. The highest BCUT2D eigenvalue weighted by Gasteiger charge is 2.09. The summed E-state index contributed by atoms with van der Waals surface area (Å²) >= 11 is 0. The molecule has 2 N–H and O–H groups in total. The largest absolute Gasteiger partial charge is 0.370 e. The van der Waals surface area contributed by atoms with Gasteiger partial charge in [0, 0.05) is 24.2 Å². The van der Waals surface area contributed by atoms with Gasteiger partial charge in [-0.25, -0.2) is 9.97 Å². The lowest BCUT2D eigenvalue weighted by atomic mass is 10.2. The van der Waals surface area contributed by atoms with Crippen molar-refractivity contribution in [2.45, 2.75) is 34.1 Å². The van der Waals surface area contributed by atoms with Crippen LogP contribution >= 0.6 is 0 Å². The van der Waals surface area contributed by atoms with Crippen molar-refractivity contribution >= 4 is 17.3 Å². The van der Waals surface area contributed by atoms with Crippen LogP contribution in [0.25, 0.3) is 0 Å². The summed E-state index contributed by atoms with van der Waals surface area (Å²) in [7, 11) is 0. The molecule has 4 heteroatoms. The van der Waals surface area contributed by atoms with E-state index < -0.39 is 0 Å². The first-order valence-electron chi connectivity index (χ1n) is 7.09. The molecule has 0 aliphatic heterocycles. The van der Waals surface area contributed by atoms with Crippen molar-refractivity contribution in [2.75, 3.05) is 17.2 Å². The third kappa shape index (κ3) is 3.26. The Hall–Kier alpha value is -2.10. The summed E-state index contributed by atoms with van der Waals surface area (Å²) in [5.41, 5.74) is 3.34. The van der Waals surface area contributed by atoms with E-state index in [1.54, 1.807) is 0 Å². The summed E-state index contributed by atoms with van der Waals surface area (Å²) < 4.78 is 0. The minimum atomic E-state index is 0.821. The fourth-order valence-electron chi connectivity index (χ4n) is 1.96. The van der Waals surface area contributed by atoms with E-state index in [9.17, 15) is 0 Å². The zero-order valence-corrected chi connectivity index (χ0v) is 12.6. The number of nitrogens with zero attached hydrogens (tertiary/aromatic N) is 2. The maximum Gasteiger partial charge on any atom is 0.139 e. The summed E-state index contributed by atoms with van der Waals surface area (Å²) in [5, 5.41) is 6.68. The minimum absolute atomic E-state index is 0.821. The number of nitrogens with one attached hydrogen (secondary N) is 2. The van der Waals surface area contributed by atoms with Crippen molar-refractivity contribution in [3.63, 3.8) is 0 Å². The van der Waals surface area contributed by atoms with E-state index in [0.717, 1.165) is 41.7 Å². The van der Waals surface area contributed by atoms with E-state index in [0.29, 0.717) is 0 Å². The van der Waals surface area contributed by atoms with Gasteiger partial charge >= 0.3 is 0 Å². The van der Waals surface area contributed by atoms with Gasteiger partial charge in [-0.05, 0) is 32.9 Å². The number of benzene rings is 1. The average molecular weight is 270 g/mol. The summed E-state index contributed by atoms with van der Waals surface area (Å²) in [6, 6.07) is 8.31. The second-order valence-electron chi connectivity index (χ2n) is 4.84. The molecule has 106 valence electrons. The van der Waals surface area contributed by atoms with Gasteiger partial charge in [-0.2, -0.15) is 0 Å². The second-order valence-corrected chi connectivity index (χ2v) is 4.84. The van der Waals surface area contributed by atoms with Gasteiger partial charge in [-0.3, -0.25) is 0 Å². The molecule has 4 nitrogen and oxygen atoms in total. The Balaban J connectivity index is 2.34. The van der Waals surface area contributed by atoms with E-state index in [4.69, 9.17) is 0 Å². The zero-order chi connectivity index (χ0) is 14.5. The highest BCUT2D eigenvalue weighted by Crippen LogP contribution is 2.23. The second kappa shape index (κ2) is 6.37. The van der Waals surface area contributed by atoms with Crippen molar-refractivity contribution in [1.82, 2.24) is 9.97 Å². The molecule has 0 atom stereocenters. The topological polar surface area (TPSA) is 49.8 Å². The molecule has 0 saturated carbocycles. The lowest BCUT2D eigenvalue weighted by Crippen LogP contribution is -2.09. The van der Waals surface area contributed by atoms with Gasteiger partial charge in [-0.15, -0.1) is 0 Å². The van der Waals surface area contributed by atoms with Gasteiger partial charge in [0.2, 0.25) is 0 Å². The Morgan fingerprint density at radius 1 is 0.950 bits per heavy atom. The first-order chi connectivity index (χ1) is 9.63. The van der Waals surface area contributed by atoms with Gasteiger partial charge in [0.25, 0.3) is 0 Å². The molecule has 0 fully saturated rings. The SMILES string of the molecule is CCNc1nc(CC)nc(Nc2ccc(C)cc2)c1C. The Bertz CT molecular complexity index is 576. The summed E-state index contributed by atoms with van der Waals surface area (Å²) in [6.45, 7) is 9.10. The number of hydrogen-bond acceptors (Lipinski definition) is 4. The van der Waals surface area contributed by atoms with Crippen LogP contribution in [-0.4, -0.2) is 16.5 Å². The van der Waals surface area contributed by atoms with Crippen LogP contribution in [0.4, 0.5) is 17.3 Å². The van der Waals surface area contributed by atoms with Crippen LogP contribution in [0.2, 0.25) is 0 Å². The predicted molar refractivity (Wildman–Crippen MR) is 84.8 cm³/mol. The van der Waals surface area contributed by atoms with Crippen LogP contribution in [0.1, 0.15) is 30.8 Å². The van der Waals surface area contributed by atoms with Crippen LogP contribution in [0.5, 0.6) is 0 Å². The molecule has 0 radical (unpaired) electrons. The normalized spacial score (nSPS) is 10.4. The van der Waals surface area contributed by atoms with Gasteiger partial charge < -0.3 is 10.6 Å². The van der Waals surface area contributed by atoms with Crippen LogP contribution in [0, 0.1) is 13.8 Å². The van der Waals surface area contributed by atoms with E-state index >= 15 is 0 Å². The molecule has 0 amide bonds. The Kier molecular flexibility index (Phi) is 4.56. The maximum absolute atomic E-state index is 4.59. The van der Waals surface area contributed by atoms with Crippen molar-refractivity contribution in [3.05, 3.63) is 41.2 Å². The lowest BCUT2D eigenvalue weighted by Gasteiger charge is -2.14. The van der Waals surface area contributed by atoms with Gasteiger partial charge in [-0.1, -0.05) is 24.6 Å². The third-order valence-electron chi connectivity index (χ3n) is 3.17. The molecule has 1 aromatic heterocycles. The summed E-state index contributed by atoms with van der Waals surface area (Å²) in [5.74, 6) is 2.63. The zero-order valence-electron chi connectivity index (χ0n) is 12.6. The molecule has 0 saturated heterocycles. The van der Waals surface area contributed by atoms with Gasteiger partial charge in [0.1, 0.15) is 17.5 Å². The highest BCUT2D eigenvalue weighted by atomic mass is 15.1. The summed E-state index contributed by atoms with van der Waals surface area (Å²) in [4.78, 5) is 9.12. The molecule has 0 aliphatic carbocycles. The molecule has 1 aromatic carbocycles. The van der Waals surface area contributed by atoms with Gasteiger partial charge in [0.15, 0.2) is 0 Å². The van der Waals surface area contributed by atoms with Crippen LogP contribution in [0.3, 0.4) is 0 Å². The quantitative estimate of drug-likeness (QED) is 0.867. The van der Waals surface area contributed by atoms with E-state index in [2.05, 4.69) is 65.6 Å². The van der Waals surface area contributed by atoms with Crippen molar-refractivity contribution in [2.24, 2.45) is 0 Å². The number of rotatable bonds is 5. The van der Waals surface area contributed by atoms with Crippen molar-refractivity contribution in [1.29, 1.82) is 0 Å². The molecule has 1 heterocycles. The van der Waals surface area contributed by atoms with Crippen molar-refractivity contribution in [3.8, 4) is 0 Å². The molecule has 2 aromatic rings. The first kappa shape index (κ1) is 14.3. The molecule has 0 bridgehead atoms. The van der Waals surface area contributed by atoms with E-state index in [1.165, 1.54) is 5.56 Å². The molecular weight excluding hydrogens is 248 g/mol. The molecule has 2 rings (SSSR count). The number of aryl methyl sites for hydroxylation is 2. The Morgan fingerprint density at radius 3 is 2.20 bits per heavy atom. The molecule has 0 aliphatic rings. The lowest BCUT2D eigenvalue weighted by molar-refractivity contribution is 0.930. The number of hydrogen-bond donors (Lipinski definition) is 2. The van der Waals surface area contributed by atoms with Crippen molar-refractivity contribution < 1.29 is 0 Å². The fourth-order valence-corrected chi connectivity index (χ4v) is 1.96. The minimum Gasteiger partial charge on any atom is -0.370 e. The first-order valence-corrected chi connectivity index (χ1v) is 7.09. The van der Waals surface area contributed by atoms with Crippen LogP contribution in [0.15, 0.2) is 24.3 Å². The van der Waals surface area contributed by atoms with Gasteiger partial charge in [0.05, 0.1) is 0 Å².